The SMILES string of the molecule is CC(C)=C1C2CCC1C(COS(C)(=O)=O)C2COS(C)(=O)=O. The Bertz CT molecular complexity index is 605. The molecule has 0 saturated heterocycles. The van der Waals surface area contributed by atoms with Crippen molar-refractivity contribution in [2.75, 3.05) is 25.7 Å². The van der Waals surface area contributed by atoms with Crippen molar-refractivity contribution in [1.82, 2.24) is 0 Å². The van der Waals surface area contributed by atoms with Crippen LogP contribution in [0.25, 0.3) is 0 Å². The molecule has 128 valence electrons. The van der Waals surface area contributed by atoms with Crippen LogP contribution in [-0.4, -0.2) is 42.6 Å². The van der Waals surface area contributed by atoms with Crippen LogP contribution >= 0.6 is 0 Å². The monoisotopic (exact) mass is 352 g/mol. The van der Waals surface area contributed by atoms with Crippen molar-refractivity contribution >= 4 is 20.2 Å². The van der Waals surface area contributed by atoms with E-state index in [9.17, 15) is 16.8 Å². The minimum atomic E-state index is -3.51. The fourth-order valence-electron chi connectivity index (χ4n) is 4.06. The Balaban J connectivity index is 2.21. The average Bonchev–Trinajstić information content (AvgIpc) is 2.87. The first-order chi connectivity index (χ1) is 9.99. The van der Waals surface area contributed by atoms with Crippen LogP contribution in [0.3, 0.4) is 0 Å². The summed E-state index contributed by atoms with van der Waals surface area (Å²) in [6.45, 7) is 4.28. The predicted molar refractivity (Wildman–Crippen MR) is 83.2 cm³/mol. The van der Waals surface area contributed by atoms with Crippen LogP contribution in [0.2, 0.25) is 0 Å². The molecular weight excluding hydrogens is 328 g/mol. The molecule has 0 aromatic rings. The molecule has 0 amide bonds. The van der Waals surface area contributed by atoms with E-state index in [1.165, 1.54) is 11.1 Å². The van der Waals surface area contributed by atoms with E-state index in [-0.39, 0.29) is 36.9 Å². The van der Waals surface area contributed by atoms with Gasteiger partial charge in [-0.1, -0.05) is 11.1 Å². The number of rotatable bonds is 6. The van der Waals surface area contributed by atoms with Gasteiger partial charge in [0.05, 0.1) is 25.7 Å². The van der Waals surface area contributed by atoms with Crippen molar-refractivity contribution in [2.45, 2.75) is 26.7 Å². The molecule has 0 aliphatic heterocycles. The molecule has 0 spiro atoms. The summed E-state index contributed by atoms with van der Waals surface area (Å²) in [4.78, 5) is 0. The molecule has 0 heterocycles. The summed E-state index contributed by atoms with van der Waals surface area (Å²) in [5.74, 6) is 0.509. The second-order valence-corrected chi connectivity index (χ2v) is 9.84. The summed E-state index contributed by atoms with van der Waals surface area (Å²) < 4.78 is 55.1. The number of allylic oxidation sites excluding steroid dienone is 2. The topological polar surface area (TPSA) is 86.7 Å². The molecule has 4 atom stereocenters. The third kappa shape index (κ3) is 4.10. The molecule has 8 heteroatoms. The molecule has 0 aromatic heterocycles. The highest BCUT2D eigenvalue weighted by atomic mass is 32.2. The van der Waals surface area contributed by atoms with Gasteiger partial charge in [0, 0.05) is 0 Å². The van der Waals surface area contributed by atoms with E-state index < -0.39 is 20.2 Å². The molecule has 2 saturated carbocycles. The van der Waals surface area contributed by atoms with Crippen molar-refractivity contribution in [1.29, 1.82) is 0 Å². The number of hydrogen-bond acceptors (Lipinski definition) is 6. The normalized spacial score (nSPS) is 31.7. The molecule has 4 unspecified atom stereocenters. The zero-order valence-corrected chi connectivity index (χ0v) is 15.0. The smallest absolute Gasteiger partial charge is 0.264 e. The Hall–Kier alpha value is -0.440. The summed E-state index contributed by atoms with van der Waals surface area (Å²) in [5, 5.41) is 0. The first-order valence-electron chi connectivity index (χ1n) is 7.35. The number of hydrogen-bond donors (Lipinski definition) is 0. The minimum Gasteiger partial charge on any atom is -0.270 e. The predicted octanol–water partition coefficient (Wildman–Crippen LogP) is 1.55. The summed E-state index contributed by atoms with van der Waals surface area (Å²) >= 11 is 0. The lowest BCUT2D eigenvalue weighted by atomic mass is 9.80. The van der Waals surface area contributed by atoms with Gasteiger partial charge in [0.25, 0.3) is 20.2 Å². The van der Waals surface area contributed by atoms with Crippen LogP contribution < -0.4 is 0 Å². The van der Waals surface area contributed by atoms with E-state index in [1.54, 1.807) is 0 Å². The standard InChI is InChI=1S/C14H24O6S2/c1-9(2)14-10-5-6-11(14)13(8-20-22(4,17)18)12(10)7-19-21(3,15)16/h10-13H,5-8H2,1-4H3. The molecule has 6 nitrogen and oxygen atoms in total. The van der Waals surface area contributed by atoms with Crippen LogP contribution in [0.4, 0.5) is 0 Å². The first-order valence-corrected chi connectivity index (χ1v) is 11.0. The van der Waals surface area contributed by atoms with E-state index in [4.69, 9.17) is 8.37 Å². The third-order valence-electron chi connectivity index (χ3n) is 4.70. The zero-order valence-electron chi connectivity index (χ0n) is 13.4. The van der Waals surface area contributed by atoms with Crippen molar-refractivity contribution < 1.29 is 25.2 Å². The van der Waals surface area contributed by atoms with Gasteiger partial charge in [-0.3, -0.25) is 8.37 Å². The average molecular weight is 352 g/mol. The molecular formula is C14H24O6S2. The van der Waals surface area contributed by atoms with Crippen LogP contribution in [-0.2, 0) is 28.6 Å². The van der Waals surface area contributed by atoms with Gasteiger partial charge >= 0.3 is 0 Å². The largest absolute Gasteiger partial charge is 0.270 e. The molecule has 0 radical (unpaired) electrons. The highest BCUT2D eigenvalue weighted by molar-refractivity contribution is 7.86. The molecule has 2 aliphatic carbocycles. The van der Waals surface area contributed by atoms with Crippen LogP contribution in [0.5, 0.6) is 0 Å². The van der Waals surface area contributed by atoms with E-state index in [2.05, 4.69) is 13.8 Å². The Kier molecular flexibility index (Phi) is 5.06. The van der Waals surface area contributed by atoms with Gasteiger partial charge in [-0.05, 0) is 50.4 Å². The molecule has 2 fully saturated rings. The Morgan fingerprint density at radius 2 is 1.27 bits per heavy atom. The molecule has 2 rings (SSSR count). The minimum absolute atomic E-state index is 0.0138. The van der Waals surface area contributed by atoms with Gasteiger partial charge in [-0.25, -0.2) is 0 Å². The highest BCUT2D eigenvalue weighted by Crippen LogP contribution is 2.57. The lowest BCUT2D eigenvalue weighted by Crippen LogP contribution is -2.31. The maximum atomic E-state index is 11.3. The second-order valence-electron chi connectivity index (χ2n) is 6.55. The Morgan fingerprint density at radius 1 is 0.909 bits per heavy atom. The second kappa shape index (κ2) is 6.22. The van der Waals surface area contributed by atoms with Crippen molar-refractivity contribution in [2.24, 2.45) is 23.7 Å². The lowest BCUT2D eigenvalue weighted by molar-refractivity contribution is 0.102. The Morgan fingerprint density at radius 3 is 1.55 bits per heavy atom. The molecule has 2 bridgehead atoms. The summed E-state index contributed by atoms with van der Waals surface area (Å²) in [6.07, 6.45) is 4.06. The molecule has 22 heavy (non-hydrogen) atoms. The summed E-state index contributed by atoms with van der Waals surface area (Å²) in [7, 11) is -7.02. The van der Waals surface area contributed by atoms with Gasteiger partial charge in [0.2, 0.25) is 0 Å². The van der Waals surface area contributed by atoms with Crippen LogP contribution in [0.15, 0.2) is 11.1 Å². The van der Waals surface area contributed by atoms with Crippen molar-refractivity contribution in [3.8, 4) is 0 Å². The van der Waals surface area contributed by atoms with Crippen LogP contribution in [0, 0.1) is 23.7 Å². The summed E-state index contributed by atoms with van der Waals surface area (Å²) in [6, 6.07) is 0. The maximum absolute atomic E-state index is 11.3. The zero-order chi connectivity index (χ0) is 16.7. The Labute approximate surface area is 133 Å². The van der Waals surface area contributed by atoms with E-state index in [0.717, 1.165) is 25.4 Å². The highest BCUT2D eigenvalue weighted by Gasteiger charge is 2.51. The van der Waals surface area contributed by atoms with Gasteiger partial charge in [-0.2, -0.15) is 16.8 Å². The van der Waals surface area contributed by atoms with Gasteiger partial charge in [-0.15, -0.1) is 0 Å². The molecule has 0 aromatic carbocycles. The molecule has 2 aliphatic rings. The first kappa shape index (κ1) is 17.9. The van der Waals surface area contributed by atoms with Crippen LogP contribution in [0.1, 0.15) is 26.7 Å². The molecule has 0 N–H and O–H groups in total. The van der Waals surface area contributed by atoms with Gasteiger partial charge < -0.3 is 0 Å². The number of fused-ring (bicyclic) bond motifs is 2. The van der Waals surface area contributed by atoms with E-state index >= 15 is 0 Å². The lowest BCUT2D eigenvalue weighted by Gasteiger charge is -2.29. The maximum Gasteiger partial charge on any atom is 0.264 e. The van der Waals surface area contributed by atoms with Crippen molar-refractivity contribution in [3.05, 3.63) is 11.1 Å². The summed E-state index contributed by atoms with van der Waals surface area (Å²) in [5.41, 5.74) is 2.57. The van der Waals surface area contributed by atoms with Gasteiger partial charge in [0.1, 0.15) is 0 Å². The quantitative estimate of drug-likeness (QED) is 0.532. The van der Waals surface area contributed by atoms with E-state index in [1.807, 2.05) is 0 Å². The van der Waals surface area contributed by atoms with Gasteiger partial charge in [0.15, 0.2) is 0 Å². The van der Waals surface area contributed by atoms with Crippen molar-refractivity contribution in [3.63, 3.8) is 0 Å². The third-order valence-corrected chi connectivity index (χ3v) is 5.83. The van der Waals surface area contributed by atoms with E-state index in [0.29, 0.717) is 0 Å². The fraction of sp³-hybridized carbons (Fsp3) is 0.857. The fourth-order valence-corrected chi connectivity index (χ4v) is 4.87.